The van der Waals surface area contributed by atoms with Crippen LogP contribution < -0.4 is 0 Å². The topological polar surface area (TPSA) is 3.24 Å². The molecule has 1 heteroatoms. The molecular formula is C10H21N. The Labute approximate surface area is 70.8 Å². The monoisotopic (exact) mass is 155 g/mol. The van der Waals surface area contributed by atoms with Crippen LogP contribution in [0, 0.1) is 5.92 Å². The molecule has 1 nitrogen and oxygen atoms in total. The molecule has 0 N–H and O–H groups in total. The van der Waals surface area contributed by atoms with Crippen molar-refractivity contribution in [3.05, 3.63) is 0 Å². The summed E-state index contributed by atoms with van der Waals surface area (Å²) in [6.07, 6.45) is 5.64. The molecule has 0 saturated heterocycles. The first-order valence-corrected chi connectivity index (χ1v) is 4.75. The lowest BCUT2D eigenvalue weighted by molar-refractivity contribution is 0.0643. The number of rotatable bonds is 1. The van der Waals surface area contributed by atoms with Gasteiger partial charge >= 0.3 is 0 Å². The van der Waals surface area contributed by atoms with E-state index in [0.29, 0.717) is 5.54 Å². The van der Waals surface area contributed by atoms with Crippen molar-refractivity contribution >= 4 is 0 Å². The molecule has 0 heterocycles. The summed E-state index contributed by atoms with van der Waals surface area (Å²) in [5.74, 6) is 0.867. The van der Waals surface area contributed by atoms with Crippen LogP contribution in [0.5, 0.6) is 0 Å². The lowest BCUT2D eigenvalue weighted by atomic mass is 9.74. The van der Waals surface area contributed by atoms with E-state index in [0.717, 1.165) is 5.92 Å². The lowest BCUT2D eigenvalue weighted by Gasteiger charge is -2.45. The van der Waals surface area contributed by atoms with Crippen LogP contribution in [-0.2, 0) is 0 Å². The van der Waals surface area contributed by atoms with Crippen LogP contribution in [0.3, 0.4) is 0 Å². The Balaban J connectivity index is 2.64. The quantitative estimate of drug-likeness (QED) is 0.562. The zero-order chi connectivity index (χ0) is 8.48. The normalized spacial score (nSPS) is 39.5. The predicted octanol–water partition coefficient (Wildman–Crippen LogP) is 2.52. The van der Waals surface area contributed by atoms with Crippen molar-refractivity contribution < 1.29 is 0 Å². The highest BCUT2D eigenvalue weighted by Gasteiger charge is 2.34. The van der Waals surface area contributed by atoms with E-state index in [2.05, 4.69) is 32.8 Å². The fourth-order valence-corrected chi connectivity index (χ4v) is 2.16. The Morgan fingerprint density at radius 1 is 1.27 bits per heavy atom. The summed E-state index contributed by atoms with van der Waals surface area (Å²) in [6.45, 7) is 4.79. The third kappa shape index (κ3) is 1.58. The predicted molar refractivity (Wildman–Crippen MR) is 49.7 cm³/mol. The molecule has 1 aliphatic carbocycles. The summed E-state index contributed by atoms with van der Waals surface area (Å²) in [4.78, 5) is 2.40. The molecule has 0 spiro atoms. The van der Waals surface area contributed by atoms with Gasteiger partial charge < -0.3 is 4.90 Å². The second-order valence-corrected chi connectivity index (χ2v) is 4.40. The summed E-state index contributed by atoms with van der Waals surface area (Å²) < 4.78 is 0. The van der Waals surface area contributed by atoms with Crippen LogP contribution >= 0.6 is 0 Å². The first-order chi connectivity index (χ1) is 5.07. The Morgan fingerprint density at radius 2 is 1.91 bits per heavy atom. The first kappa shape index (κ1) is 9.05. The van der Waals surface area contributed by atoms with Crippen LogP contribution in [0.15, 0.2) is 0 Å². The highest BCUT2D eigenvalue weighted by atomic mass is 15.1. The molecule has 0 amide bonds. The van der Waals surface area contributed by atoms with Crippen molar-refractivity contribution in [1.82, 2.24) is 4.90 Å². The van der Waals surface area contributed by atoms with Crippen molar-refractivity contribution in [2.45, 2.75) is 45.1 Å². The van der Waals surface area contributed by atoms with Gasteiger partial charge in [0.25, 0.3) is 0 Å². The maximum Gasteiger partial charge on any atom is 0.0200 e. The van der Waals surface area contributed by atoms with E-state index in [9.17, 15) is 0 Å². The second-order valence-electron chi connectivity index (χ2n) is 4.40. The second kappa shape index (κ2) is 3.14. The molecule has 11 heavy (non-hydrogen) atoms. The minimum Gasteiger partial charge on any atom is -0.304 e. The first-order valence-electron chi connectivity index (χ1n) is 4.75. The molecule has 1 aliphatic rings. The Bertz CT molecular complexity index is 131. The number of hydrogen-bond acceptors (Lipinski definition) is 1. The fourth-order valence-electron chi connectivity index (χ4n) is 2.16. The molecular weight excluding hydrogens is 134 g/mol. The molecule has 0 aromatic rings. The van der Waals surface area contributed by atoms with E-state index in [-0.39, 0.29) is 0 Å². The van der Waals surface area contributed by atoms with Gasteiger partial charge in [0.05, 0.1) is 0 Å². The number of hydrogen-bond donors (Lipinski definition) is 0. The summed E-state index contributed by atoms with van der Waals surface area (Å²) in [5.41, 5.74) is 0.470. The van der Waals surface area contributed by atoms with Crippen molar-refractivity contribution in [3.8, 4) is 0 Å². The largest absolute Gasteiger partial charge is 0.304 e. The minimum absolute atomic E-state index is 0.470. The third-order valence-electron chi connectivity index (χ3n) is 3.65. The van der Waals surface area contributed by atoms with Gasteiger partial charge in [-0.05, 0) is 39.8 Å². The van der Waals surface area contributed by atoms with E-state index in [1.165, 1.54) is 25.7 Å². The van der Waals surface area contributed by atoms with Gasteiger partial charge in [-0.1, -0.05) is 19.8 Å². The third-order valence-corrected chi connectivity index (χ3v) is 3.65. The van der Waals surface area contributed by atoms with Crippen LogP contribution in [-0.4, -0.2) is 24.5 Å². The molecule has 66 valence electrons. The molecule has 0 aromatic heterocycles. The van der Waals surface area contributed by atoms with E-state index in [1.807, 2.05) is 0 Å². The van der Waals surface area contributed by atoms with Gasteiger partial charge in [0, 0.05) is 5.54 Å². The highest BCUT2D eigenvalue weighted by Crippen LogP contribution is 2.36. The van der Waals surface area contributed by atoms with Crippen molar-refractivity contribution in [1.29, 1.82) is 0 Å². The standard InChI is InChI=1S/C10H21N/c1-9-7-5-6-8-10(9,2)11(3)4/h9H,5-8H2,1-4H3. The van der Waals surface area contributed by atoms with Gasteiger partial charge in [0.2, 0.25) is 0 Å². The van der Waals surface area contributed by atoms with E-state index >= 15 is 0 Å². The maximum atomic E-state index is 2.40. The smallest absolute Gasteiger partial charge is 0.0200 e. The van der Waals surface area contributed by atoms with Gasteiger partial charge in [-0.15, -0.1) is 0 Å². The van der Waals surface area contributed by atoms with E-state index < -0.39 is 0 Å². The maximum absolute atomic E-state index is 2.40. The summed E-state index contributed by atoms with van der Waals surface area (Å²) >= 11 is 0. The zero-order valence-corrected chi connectivity index (χ0v) is 8.35. The molecule has 0 bridgehead atoms. The molecule has 0 radical (unpaired) electrons. The zero-order valence-electron chi connectivity index (χ0n) is 8.35. The van der Waals surface area contributed by atoms with E-state index in [1.54, 1.807) is 0 Å². The van der Waals surface area contributed by atoms with Gasteiger partial charge in [0.1, 0.15) is 0 Å². The van der Waals surface area contributed by atoms with Crippen LogP contribution in [0.2, 0.25) is 0 Å². The molecule has 0 aromatic carbocycles. The minimum atomic E-state index is 0.470. The van der Waals surface area contributed by atoms with Crippen LogP contribution in [0.1, 0.15) is 39.5 Å². The number of nitrogens with zero attached hydrogens (tertiary/aromatic N) is 1. The highest BCUT2D eigenvalue weighted by molar-refractivity contribution is 4.90. The van der Waals surface area contributed by atoms with Crippen molar-refractivity contribution in [2.75, 3.05) is 14.1 Å². The summed E-state index contributed by atoms with van der Waals surface area (Å²) in [7, 11) is 4.42. The Morgan fingerprint density at radius 3 is 2.27 bits per heavy atom. The lowest BCUT2D eigenvalue weighted by Crippen LogP contribution is -2.48. The average molecular weight is 155 g/mol. The average Bonchev–Trinajstić information content (AvgIpc) is 1.95. The van der Waals surface area contributed by atoms with E-state index in [4.69, 9.17) is 0 Å². The van der Waals surface area contributed by atoms with Crippen molar-refractivity contribution in [3.63, 3.8) is 0 Å². The fraction of sp³-hybridized carbons (Fsp3) is 1.00. The SMILES string of the molecule is CC1CCCCC1(C)N(C)C. The molecule has 0 aliphatic heterocycles. The molecule has 2 atom stereocenters. The Hall–Kier alpha value is -0.0400. The van der Waals surface area contributed by atoms with Gasteiger partial charge in [-0.2, -0.15) is 0 Å². The Kier molecular flexibility index (Phi) is 2.58. The molecule has 1 rings (SSSR count). The van der Waals surface area contributed by atoms with Gasteiger partial charge in [0.15, 0.2) is 0 Å². The molecule has 2 unspecified atom stereocenters. The molecule has 1 fully saturated rings. The summed E-state index contributed by atoms with van der Waals surface area (Å²) in [6, 6.07) is 0. The summed E-state index contributed by atoms with van der Waals surface area (Å²) in [5, 5.41) is 0. The van der Waals surface area contributed by atoms with Gasteiger partial charge in [-0.25, -0.2) is 0 Å². The van der Waals surface area contributed by atoms with Crippen LogP contribution in [0.25, 0.3) is 0 Å². The van der Waals surface area contributed by atoms with Gasteiger partial charge in [-0.3, -0.25) is 0 Å². The van der Waals surface area contributed by atoms with Crippen LogP contribution in [0.4, 0.5) is 0 Å². The van der Waals surface area contributed by atoms with Crippen molar-refractivity contribution in [2.24, 2.45) is 5.92 Å². The molecule has 1 saturated carbocycles.